The molecular formula is C15H18N2O3. The Morgan fingerprint density at radius 2 is 1.95 bits per heavy atom. The van der Waals surface area contributed by atoms with E-state index in [-0.39, 0.29) is 18.0 Å². The van der Waals surface area contributed by atoms with Crippen molar-refractivity contribution >= 4 is 17.7 Å². The number of cyclic esters (lactones) is 1. The number of ether oxygens (including phenoxy) is 1. The van der Waals surface area contributed by atoms with Gasteiger partial charge in [0.15, 0.2) is 0 Å². The minimum atomic E-state index is -0.273. The summed E-state index contributed by atoms with van der Waals surface area (Å²) in [6.45, 7) is 3.33. The molecule has 2 amide bonds. The molecule has 1 saturated heterocycles. The number of amides is 2. The minimum Gasteiger partial charge on any atom is -0.444 e. The number of anilines is 1. The molecule has 5 heteroatoms. The highest BCUT2D eigenvalue weighted by Gasteiger charge is 2.34. The van der Waals surface area contributed by atoms with Gasteiger partial charge < -0.3 is 9.64 Å². The Labute approximate surface area is 118 Å². The number of rotatable bonds is 1. The highest BCUT2D eigenvalue weighted by atomic mass is 16.6. The van der Waals surface area contributed by atoms with Crippen LogP contribution in [0, 0.1) is 0 Å². The molecule has 0 saturated carbocycles. The molecular weight excluding hydrogens is 256 g/mol. The van der Waals surface area contributed by atoms with E-state index >= 15 is 0 Å². The second-order valence-corrected chi connectivity index (χ2v) is 5.29. The van der Waals surface area contributed by atoms with Crippen LogP contribution in [0.3, 0.4) is 0 Å². The van der Waals surface area contributed by atoms with Crippen LogP contribution in [0.15, 0.2) is 24.3 Å². The van der Waals surface area contributed by atoms with Gasteiger partial charge in [-0.15, -0.1) is 0 Å². The van der Waals surface area contributed by atoms with E-state index in [1.54, 1.807) is 11.8 Å². The number of benzene rings is 1. The summed E-state index contributed by atoms with van der Waals surface area (Å²) < 4.78 is 5.25. The summed E-state index contributed by atoms with van der Waals surface area (Å²) in [5, 5.41) is 0. The van der Waals surface area contributed by atoms with Crippen molar-refractivity contribution in [3.8, 4) is 0 Å². The molecule has 0 unspecified atom stereocenters. The van der Waals surface area contributed by atoms with Gasteiger partial charge in [0.05, 0.1) is 5.69 Å². The predicted molar refractivity (Wildman–Crippen MR) is 74.4 cm³/mol. The van der Waals surface area contributed by atoms with E-state index in [1.807, 2.05) is 29.2 Å². The van der Waals surface area contributed by atoms with Gasteiger partial charge in [-0.25, -0.2) is 4.79 Å². The Morgan fingerprint density at radius 1 is 1.25 bits per heavy atom. The van der Waals surface area contributed by atoms with Crippen LogP contribution >= 0.6 is 0 Å². The van der Waals surface area contributed by atoms with Crippen molar-refractivity contribution in [2.75, 3.05) is 18.0 Å². The summed E-state index contributed by atoms with van der Waals surface area (Å²) in [5.74, 6) is 0.102. The molecule has 0 radical (unpaired) electrons. The smallest absolute Gasteiger partial charge is 0.414 e. The standard InChI is InChI=1S/C15H18N2O3/c1-11(18)16-8-6-13(7-9-16)17-14-5-3-2-4-12(14)10-20-15(17)19/h2-5,13H,6-10H2,1H3. The molecule has 0 aromatic heterocycles. The average Bonchev–Trinajstić information content (AvgIpc) is 2.47. The molecule has 3 rings (SSSR count). The first kappa shape index (κ1) is 13.0. The first-order valence-electron chi connectivity index (χ1n) is 6.96. The number of fused-ring (bicyclic) bond motifs is 1. The van der Waals surface area contributed by atoms with E-state index in [9.17, 15) is 9.59 Å². The van der Waals surface area contributed by atoms with Crippen LogP contribution in [0.4, 0.5) is 10.5 Å². The Bertz CT molecular complexity index is 536. The molecule has 0 atom stereocenters. The van der Waals surface area contributed by atoms with E-state index < -0.39 is 0 Å². The van der Waals surface area contributed by atoms with Gasteiger partial charge in [-0.1, -0.05) is 18.2 Å². The molecule has 1 fully saturated rings. The van der Waals surface area contributed by atoms with Crippen LogP contribution < -0.4 is 4.90 Å². The van der Waals surface area contributed by atoms with Crippen LogP contribution in [-0.4, -0.2) is 36.0 Å². The van der Waals surface area contributed by atoms with Gasteiger partial charge in [0.1, 0.15) is 6.61 Å². The van der Waals surface area contributed by atoms with E-state index in [0.717, 1.165) is 24.1 Å². The molecule has 106 valence electrons. The molecule has 0 spiro atoms. The second-order valence-electron chi connectivity index (χ2n) is 5.29. The number of piperidine rings is 1. The van der Waals surface area contributed by atoms with Gasteiger partial charge in [0, 0.05) is 31.6 Å². The van der Waals surface area contributed by atoms with Crippen LogP contribution in [-0.2, 0) is 16.1 Å². The first-order chi connectivity index (χ1) is 9.66. The zero-order valence-electron chi connectivity index (χ0n) is 11.5. The number of carbonyl (C=O) groups is 2. The average molecular weight is 274 g/mol. The van der Waals surface area contributed by atoms with Gasteiger partial charge in [0.25, 0.3) is 0 Å². The number of hydrogen-bond donors (Lipinski definition) is 0. The van der Waals surface area contributed by atoms with E-state index in [1.165, 1.54) is 0 Å². The molecule has 0 bridgehead atoms. The van der Waals surface area contributed by atoms with Crippen molar-refractivity contribution in [3.63, 3.8) is 0 Å². The van der Waals surface area contributed by atoms with E-state index in [2.05, 4.69) is 0 Å². The summed E-state index contributed by atoms with van der Waals surface area (Å²) in [6.07, 6.45) is 1.32. The summed E-state index contributed by atoms with van der Waals surface area (Å²) in [6, 6.07) is 7.95. The predicted octanol–water partition coefficient (Wildman–Crippen LogP) is 2.15. The maximum absolute atomic E-state index is 12.1. The first-order valence-corrected chi connectivity index (χ1v) is 6.96. The second kappa shape index (κ2) is 5.15. The maximum atomic E-state index is 12.1. The number of carbonyl (C=O) groups excluding carboxylic acids is 2. The molecule has 2 heterocycles. The van der Waals surface area contributed by atoms with Crippen molar-refractivity contribution in [3.05, 3.63) is 29.8 Å². The third-order valence-electron chi connectivity index (χ3n) is 4.07. The summed E-state index contributed by atoms with van der Waals surface area (Å²) >= 11 is 0. The molecule has 0 aliphatic carbocycles. The minimum absolute atomic E-state index is 0.102. The van der Waals surface area contributed by atoms with Crippen LogP contribution in [0.2, 0.25) is 0 Å². The lowest BCUT2D eigenvalue weighted by Crippen LogP contribution is -2.50. The Balaban J connectivity index is 1.80. The summed E-state index contributed by atoms with van der Waals surface area (Å²) in [4.78, 5) is 27.1. The van der Waals surface area contributed by atoms with Crippen LogP contribution in [0.25, 0.3) is 0 Å². The van der Waals surface area contributed by atoms with Crippen LogP contribution in [0.1, 0.15) is 25.3 Å². The zero-order chi connectivity index (χ0) is 14.1. The highest BCUT2D eigenvalue weighted by Crippen LogP contribution is 2.31. The quantitative estimate of drug-likeness (QED) is 0.788. The summed E-state index contributed by atoms with van der Waals surface area (Å²) in [7, 11) is 0. The van der Waals surface area contributed by atoms with E-state index in [4.69, 9.17) is 4.74 Å². The third kappa shape index (κ3) is 2.24. The highest BCUT2D eigenvalue weighted by molar-refractivity contribution is 5.91. The van der Waals surface area contributed by atoms with E-state index in [0.29, 0.717) is 19.7 Å². The lowest BCUT2D eigenvalue weighted by Gasteiger charge is -2.40. The molecule has 5 nitrogen and oxygen atoms in total. The van der Waals surface area contributed by atoms with Crippen molar-refractivity contribution in [2.45, 2.75) is 32.4 Å². The number of hydrogen-bond acceptors (Lipinski definition) is 3. The molecule has 1 aromatic carbocycles. The van der Waals surface area contributed by atoms with Crippen molar-refractivity contribution in [2.24, 2.45) is 0 Å². The fourth-order valence-electron chi connectivity index (χ4n) is 2.96. The van der Waals surface area contributed by atoms with Crippen molar-refractivity contribution < 1.29 is 14.3 Å². The summed E-state index contributed by atoms with van der Waals surface area (Å²) in [5.41, 5.74) is 1.99. The zero-order valence-corrected chi connectivity index (χ0v) is 11.5. The fourth-order valence-corrected chi connectivity index (χ4v) is 2.96. The largest absolute Gasteiger partial charge is 0.444 e. The molecule has 20 heavy (non-hydrogen) atoms. The fraction of sp³-hybridized carbons (Fsp3) is 0.467. The normalized spacial score (nSPS) is 19.6. The van der Waals surface area contributed by atoms with Crippen molar-refractivity contribution in [1.82, 2.24) is 4.90 Å². The third-order valence-corrected chi connectivity index (χ3v) is 4.07. The molecule has 0 N–H and O–H groups in total. The lowest BCUT2D eigenvalue weighted by molar-refractivity contribution is -0.129. The Morgan fingerprint density at radius 3 is 2.65 bits per heavy atom. The van der Waals surface area contributed by atoms with Gasteiger partial charge in [-0.2, -0.15) is 0 Å². The molecule has 2 aliphatic heterocycles. The van der Waals surface area contributed by atoms with Gasteiger partial charge in [0.2, 0.25) is 5.91 Å². The maximum Gasteiger partial charge on any atom is 0.414 e. The van der Waals surface area contributed by atoms with Gasteiger partial charge >= 0.3 is 6.09 Å². The number of para-hydroxylation sites is 1. The molecule has 1 aromatic rings. The van der Waals surface area contributed by atoms with Crippen LogP contribution in [0.5, 0.6) is 0 Å². The number of nitrogens with zero attached hydrogens (tertiary/aromatic N) is 2. The van der Waals surface area contributed by atoms with Gasteiger partial charge in [-0.3, -0.25) is 9.69 Å². The number of likely N-dealkylation sites (tertiary alicyclic amines) is 1. The monoisotopic (exact) mass is 274 g/mol. The topological polar surface area (TPSA) is 49.9 Å². The van der Waals surface area contributed by atoms with Crippen molar-refractivity contribution in [1.29, 1.82) is 0 Å². The lowest BCUT2D eigenvalue weighted by atomic mass is 10.0. The Kier molecular flexibility index (Phi) is 3.34. The SMILES string of the molecule is CC(=O)N1CCC(N2C(=O)OCc3ccccc32)CC1. The molecule has 2 aliphatic rings. The van der Waals surface area contributed by atoms with Gasteiger partial charge in [-0.05, 0) is 18.9 Å². The Hall–Kier alpha value is -2.04.